The minimum absolute atomic E-state index is 0.130. The molecule has 134 valence electrons. The van der Waals surface area contributed by atoms with Gasteiger partial charge in [-0.3, -0.25) is 4.79 Å². The van der Waals surface area contributed by atoms with Gasteiger partial charge in [-0.1, -0.05) is 32.0 Å². The highest BCUT2D eigenvalue weighted by atomic mass is 16.5. The molecule has 1 atom stereocenters. The number of hydrogen-bond acceptors (Lipinski definition) is 4. The lowest BCUT2D eigenvalue weighted by atomic mass is 9.95. The van der Waals surface area contributed by atoms with Crippen molar-refractivity contribution < 1.29 is 19.0 Å². The summed E-state index contributed by atoms with van der Waals surface area (Å²) in [6.45, 7) is 4.13. The van der Waals surface area contributed by atoms with Gasteiger partial charge < -0.3 is 19.5 Å². The van der Waals surface area contributed by atoms with E-state index >= 15 is 0 Å². The number of benzene rings is 2. The zero-order valence-corrected chi connectivity index (χ0v) is 15.3. The van der Waals surface area contributed by atoms with Crippen LogP contribution in [0, 0.1) is 5.92 Å². The SMILES string of the molecule is COc1ccc(C(NC(=O)c2cccc(OC)c2OC)C(C)C)cc1. The summed E-state index contributed by atoms with van der Waals surface area (Å²) in [7, 11) is 4.71. The van der Waals surface area contributed by atoms with Crippen molar-refractivity contribution in [1.82, 2.24) is 5.32 Å². The van der Waals surface area contributed by atoms with Crippen LogP contribution in [0.25, 0.3) is 0 Å². The first-order valence-corrected chi connectivity index (χ1v) is 8.17. The molecule has 0 aliphatic carbocycles. The number of nitrogens with one attached hydrogen (secondary N) is 1. The largest absolute Gasteiger partial charge is 0.497 e. The normalized spacial score (nSPS) is 11.8. The van der Waals surface area contributed by atoms with Gasteiger partial charge in [0.1, 0.15) is 5.75 Å². The van der Waals surface area contributed by atoms with E-state index in [9.17, 15) is 4.79 Å². The van der Waals surface area contributed by atoms with Crippen LogP contribution in [-0.4, -0.2) is 27.2 Å². The average molecular weight is 343 g/mol. The zero-order valence-electron chi connectivity index (χ0n) is 15.3. The second kappa shape index (κ2) is 8.42. The molecule has 5 nitrogen and oxygen atoms in total. The molecule has 0 saturated heterocycles. The molecule has 2 aromatic carbocycles. The van der Waals surface area contributed by atoms with E-state index in [1.54, 1.807) is 32.4 Å². The highest BCUT2D eigenvalue weighted by Crippen LogP contribution is 2.32. The number of ether oxygens (including phenoxy) is 3. The molecular formula is C20H25NO4. The van der Waals surface area contributed by atoms with Gasteiger partial charge in [0, 0.05) is 0 Å². The Balaban J connectivity index is 2.29. The Morgan fingerprint density at radius 2 is 1.60 bits per heavy atom. The fraction of sp³-hybridized carbons (Fsp3) is 0.350. The minimum Gasteiger partial charge on any atom is -0.497 e. The van der Waals surface area contributed by atoms with Gasteiger partial charge in [-0.2, -0.15) is 0 Å². The summed E-state index contributed by atoms with van der Waals surface area (Å²) in [6.07, 6.45) is 0. The summed E-state index contributed by atoms with van der Waals surface area (Å²) in [5.41, 5.74) is 1.46. The smallest absolute Gasteiger partial charge is 0.255 e. The topological polar surface area (TPSA) is 56.8 Å². The lowest BCUT2D eigenvalue weighted by Gasteiger charge is -2.24. The third kappa shape index (κ3) is 4.24. The molecule has 0 aliphatic heterocycles. The fourth-order valence-electron chi connectivity index (χ4n) is 2.73. The van der Waals surface area contributed by atoms with Crippen LogP contribution in [0.2, 0.25) is 0 Å². The van der Waals surface area contributed by atoms with E-state index in [1.807, 2.05) is 24.3 Å². The number of hydrogen-bond donors (Lipinski definition) is 1. The lowest BCUT2D eigenvalue weighted by Crippen LogP contribution is -2.32. The Bertz CT molecular complexity index is 710. The van der Waals surface area contributed by atoms with Crippen molar-refractivity contribution in [3.05, 3.63) is 53.6 Å². The van der Waals surface area contributed by atoms with Gasteiger partial charge in [0.05, 0.1) is 32.9 Å². The second-order valence-corrected chi connectivity index (χ2v) is 6.01. The van der Waals surface area contributed by atoms with Crippen LogP contribution in [-0.2, 0) is 0 Å². The van der Waals surface area contributed by atoms with Crippen molar-refractivity contribution in [3.63, 3.8) is 0 Å². The molecule has 5 heteroatoms. The lowest BCUT2D eigenvalue weighted by molar-refractivity contribution is 0.0922. The van der Waals surface area contributed by atoms with Crippen molar-refractivity contribution in [2.24, 2.45) is 5.92 Å². The zero-order chi connectivity index (χ0) is 18.4. The van der Waals surface area contributed by atoms with Crippen molar-refractivity contribution >= 4 is 5.91 Å². The van der Waals surface area contributed by atoms with Crippen LogP contribution in [0.3, 0.4) is 0 Å². The van der Waals surface area contributed by atoms with Gasteiger partial charge in [0.2, 0.25) is 0 Å². The number of para-hydroxylation sites is 1. The molecule has 0 spiro atoms. The average Bonchev–Trinajstić information content (AvgIpc) is 2.64. The Hall–Kier alpha value is -2.69. The van der Waals surface area contributed by atoms with Crippen LogP contribution in [0.4, 0.5) is 0 Å². The predicted octanol–water partition coefficient (Wildman–Crippen LogP) is 3.84. The van der Waals surface area contributed by atoms with Crippen LogP contribution in [0.5, 0.6) is 17.2 Å². The minimum atomic E-state index is -0.203. The van der Waals surface area contributed by atoms with Gasteiger partial charge >= 0.3 is 0 Å². The first-order chi connectivity index (χ1) is 12.0. The van der Waals surface area contributed by atoms with Crippen molar-refractivity contribution in [2.75, 3.05) is 21.3 Å². The van der Waals surface area contributed by atoms with E-state index < -0.39 is 0 Å². The van der Waals surface area contributed by atoms with Crippen molar-refractivity contribution in [3.8, 4) is 17.2 Å². The predicted molar refractivity (Wildman–Crippen MR) is 97.6 cm³/mol. The standard InChI is InChI=1S/C20H25NO4/c1-13(2)18(14-9-11-15(23-3)12-10-14)21-20(22)16-7-6-8-17(24-4)19(16)25-5/h6-13,18H,1-5H3,(H,21,22). The Morgan fingerprint density at radius 3 is 2.12 bits per heavy atom. The van der Waals surface area contributed by atoms with Gasteiger partial charge in [-0.25, -0.2) is 0 Å². The Labute approximate surface area is 148 Å². The van der Waals surface area contributed by atoms with Gasteiger partial charge in [0.15, 0.2) is 11.5 Å². The van der Waals surface area contributed by atoms with E-state index in [1.165, 1.54) is 7.11 Å². The number of amides is 1. The van der Waals surface area contributed by atoms with Gasteiger partial charge in [-0.15, -0.1) is 0 Å². The van der Waals surface area contributed by atoms with Crippen molar-refractivity contribution in [1.29, 1.82) is 0 Å². The third-order valence-corrected chi connectivity index (χ3v) is 4.08. The molecule has 0 bridgehead atoms. The summed E-state index contributed by atoms with van der Waals surface area (Å²) in [5.74, 6) is 1.76. The maximum atomic E-state index is 12.8. The number of rotatable bonds is 7. The summed E-state index contributed by atoms with van der Waals surface area (Å²) < 4.78 is 15.8. The van der Waals surface area contributed by atoms with E-state index in [0.29, 0.717) is 17.1 Å². The first-order valence-electron chi connectivity index (χ1n) is 8.17. The second-order valence-electron chi connectivity index (χ2n) is 6.01. The molecule has 0 radical (unpaired) electrons. The van der Waals surface area contributed by atoms with Crippen LogP contribution < -0.4 is 19.5 Å². The van der Waals surface area contributed by atoms with E-state index in [-0.39, 0.29) is 17.9 Å². The molecule has 0 aromatic heterocycles. The van der Waals surface area contributed by atoms with Crippen LogP contribution >= 0.6 is 0 Å². The molecule has 0 heterocycles. The quantitative estimate of drug-likeness (QED) is 0.830. The first kappa shape index (κ1) is 18.6. The molecule has 1 unspecified atom stereocenters. The van der Waals surface area contributed by atoms with Gasteiger partial charge in [-0.05, 0) is 35.7 Å². The highest BCUT2D eigenvalue weighted by molar-refractivity contribution is 5.98. The van der Waals surface area contributed by atoms with Crippen molar-refractivity contribution in [2.45, 2.75) is 19.9 Å². The molecule has 0 fully saturated rings. The Kier molecular flexibility index (Phi) is 6.28. The summed E-state index contributed by atoms with van der Waals surface area (Å²) >= 11 is 0. The fourth-order valence-corrected chi connectivity index (χ4v) is 2.73. The van der Waals surface area contributed by atoms with Crippen LogP contribution in [0.15, 0.2) is 42.5 Å². The van der Waals surface area contributed by atoms with E-state index in [4.69, 9.17) is 14.2 Å². The molecule has 1 amide bonds. The maximum absolute atomic E-state index is 12.8. The van der Waals surface area contributed by atoms with Gasteiger partial charge in [0.25, 0.3) is 5.91 Å². The van der Waals surface area contributed by atoms with Crippen LogP contribution in [0.1, 0.15) is 35.8 Å². The maximum Gasteiger partial charge on any atom is 0.255 e. The molecule has 2 aromatic rings. The molecule has 1 N–H and O–H groups in total. The molecule has 25 heavy (non-hydrogen) atoms. The van der Waals surface area contributed by atoms with E-state index in [2.05, 4.69) is 19.2 Å². The number of carbonyl (C=O) groups is 1. The summed E-state index contributed by atoms with van der Waals surface area (Å²) in [6, 6.07) is 12.8. The summed E-state index contributed by atoms with van der Waals surface area (Å²) in [5, 5.41) is 3.10. The summed E-state index contributed by atoms with van der Waals surface area (Å²) in [4.78, 5) is 12.8. The monoisotopic (exact) mass is 343 g/mol. The molecule has 2 rings (SSSR count). The molecule has 0 saturated carbocycles. The number of methoxy groups -OCH3 is 3. The molecule has 0 aliphatic rings. The highest BCUT2D eigenvalue weighted by Gasteiger charge is 2.22. The van der Waals surface area contributed by atoms with E-state index in [0.717, 1.165) is 11.3 Å². The Morgan fingerprint density at radius 1 is 0.920 bits per heavy atom. The molecular weight excluding hydrogens is 318 g/mol. The third-order valence-electron chi connectivity index (χ3n) is 4.08. The number of carbonyl (C=O) groups excluding carboxylic acids is 1.